The fourth-order valence-corrected chi connectivity index (χ4v) is 4.78. The van der Waals surface area contributed by atoms with Crippen molar-refractivity contribution in [2.75, 3.05) is 6.61 Å². The average Bonchev–Trinajstić information content (AvgIpc) is 2.81. The average molecular weight is 461 g/mol. The van der Waals surface area contributed by atoms with Gasteiger partial charge in [0, 0.05) is 5.56 Å². The summed E-state index contributed by atoms with van der Waals surface area (Å²) in [6, 6.07) is 8.32. The molecule has 0 aliphatic heterocycles. The summed E-state index contributed by atoms with van der Waals surface area (Å²) in [5, 5.41) is 10.0. The quantitative estimate of drug-likeness (QED) is 0.274. The summed E-state index contributed by atoms with van der Waals surface area (Å²) in [5.74, 6) is -1.60. The Bertz CT molecular complexity index is 920. The van der Waals surface area contributed by atoms with Crippen LogP contribution in [0.25, 0.3) is 0 Å². The van der Waals surface area contributed by atoms with Crippen molar-refractivity contribution >= 4 is 0 Å². The van der Waals surface area contributed by atoms with Crippen LogP contribution >= 0.6 is 0 Å². The van der Waals surface area contributed by atoms with E-state index in [0.29, 0.717) is 29.9 Å². The molecule has 5 heteroatoms. The zero-order chi connectivity index (χ0) is 23.8. The Hall–Kier alpha value is -2.27. The lowest BCUT2D eigenvalue weighted by Gasteiger charge is -2.29. The molecule has 2 aromatic carbocycles. The highest BCUT2D eigenvalue weighted by molar-refractivity contribution is 5.33. The van der Waals surface area contributed by atoms with Gasteiger partial charge in [-0.1, -0.05) is 37.6 Å². The van der Waals surface area contributed by atoms with Crippen molar-refractivity contribution in [3.05, 3.63) is 77.1 Å². The molecule has 33 heavy (non-hydrogen) atoms. The van der Waals surface area contributed by atoms with E-state index < -0.39 is 17.7 Å². The first-order chi connectivity index (χ1) is 15.9. The molecule has 1 saturated carbocycles. The predicted octanol–water partition coefficient (Wildman–Crippen LogP) is 7.80. The van der Waals surface area contributed by atoms with Crippen LogP contribution in [0.1, 0.15) is 87.0 Å². The van der Waals surface area contributed by atoms with Crippen LogP contribution in [0.4, 0.5) is 13.2 Å². The molecule has 0 amide bonds. The van der Waals surface area contributed by atoms with Gasteiger partial charge in [0.15, 0.2) is 11.6 Å². The molecule has 0 heterocycles. The number of aliphatic hydroxyl groups is 1. The number of ether oxygens (including phenoxy) is 1. The maximum Gasteiger partial charge on any atom is 0.200 e. The maximum absolute atomic E-state index is 14.7. The fraction of sp³-hybridized carbons (Fsp3) is 0.500. The van der Waals surface area contributed by atoms with Crippen molar-refractivity contribution < 1.29 is 23.0 Å². The van der Waals surface area contributed by atoms with E-state index in [0.717, 1.165) is 50.5 Å². The molecule has 2 aromatic rings. The Balaban J connectivity index is 1.52. The van der Waals surface area contributed by atoms with Crippen molar-refractivity contribution in [2.24, 2.45) is 5.92 Å². The summed E-state index contributed by atoms with van der Waals surface area (Å²) in [5.41, 5.74) is 1.74. The summed E-state index contributed by atoms with van der Waals surface area (Å²) >= 11 is 0. The van der Waals surface area contributed by atoms with Gasteiger partial charge in [0.05, 0.1) is 12.7 Å². The first-order valence-corrected chi connectivity index (χ1v) is 12.1. The van der Waals surface area contributed by atoms with E-state index in [4.69, 9.17) is 4.74 Å². The number of rotatable bonds is 11. The van der Waals surface area contributed by atoms with Gasteiger partial charge in [-0.25, -0.2) is 8.78 Å². The van der Waals surface area contributed by atoms with Gasteiger partial charge in [0.25, 0.3) is 0 Å². The second-order valence-electron chi connectivity index (χ2n) is 9.12. The molecule has 1 N–H and O–H groups in total. The molecule has 0 aromatic heterocycles. The minimum Gasteiger partial charge on any atom is -0.490 e. The van der Waals surface area contributed by atoms with Crippen LogP contribution in [0.15, 0.2) is 43.0 Å². The first-order valence-electron chi connectivity index (χ1n) is 12.1. The van der Waals surface area contributed by atoms with Crippen LogP contribution in [-0.2, 0) is 6.42 Å². The Morgan fingerprint density at radius 1 is 1.09 bits per heavy atom. The standard InChI is InChI=1S/C28H35F3O2/c1-3-5-17-33-26-16-15-22(27(30)28(26)31)21-12-9-19(10-13-21)7-8-20-11-14-23(24(29)18-20)25(32)6-4-2/h3,11,14-16,18-19,21,25,32H,1,4-10,12-13,17H2,2H3. The third-order valence-corrected chi connectivity index (χ3v) is 6.77. The summed E-state index contributed by atoms with van der Waals surface area (Å²) < 4.78 is 48.8. The molecule has 1 unspecified atom stereocenters. The van der Waals surface area contributed by atoms with E-state index in [1.54, 1.807) is 18.2 Å². The van der Waals surface area contributed by atoms with Crippen molar-refractivity contribution in [1.82, 2.24) is 0 Å². The Morgan fingerprint density at radius 2 is 1.85 bits per heavy atom. The van der Waals surface area contributed by atoms with Crippen molar-refractivity contribution in [2.45, 2.75) is 76.7 Å². The molecular formula is C28H35F3O2. The molecule has 1 aliphatic rings. The van der Waals surface area contributed by atoms with Gasteiger partial charge in [-0.15, -0.1) is 6.58 Å². The van der Waals surface area contributed by atoms with E-state index in [1.807, 2.05) is 13.0 Å². The monoisotopic (exact) mass is 460 g/mol. The molecular weight excluding hydrogens is 425 g/mol. The molecule has 3 rings (SSSR count). The lowest BCUT2D eigenvalue weighted by atomic mass is 9.76. The van der Waals surface area contributed by atoms with E-state index in [-0.39, 0.29) is 24.1 Å². The first kappa shape index (κ1) is 25.4. The molecule has 0 spiro atoms. The molecule has 1 fully saturated rings. The number of halogens is 3. The maximum atomic E-state index is 14.7. The van der Waals surface area contributed by atoms with Crippen LogP contribution in [0.2, 0.25) is 0 Å². The van der Waals surface area contributed by atoms with Crippen LogP contribution in [0, 0.1) is 23.4 Å². The summed E-state index contributed by atoms with van der Waals surface area (Å²) in [6.45, 7) is 5.83. The summed E-state index contributed by atoms with van der Waals surface area (Å²) in [4.78, 5) is 0. The van der Waals surface area contributed by atoms with Crippen molar-refractivity contribution in [1.29, 1.82) is 0 Å². The number of aryl methyl sites for hydroxylation is 1. The lowest BCUT2D eigenvalue weighted by molar-refractivity contribution is 0.162. The molecule has 0 bridgehead atoms. The summed E-state index contributed by atoms with van der Waals surface area (Å²) in [6.07, 6.45) is 8.07. The normalized spacial score (nSPS) is 19.3. The number of hydrogen-bond donors (Lipinski definition) is 1. The van der Waals surface area contributed by atoms with Gasteiger partial charge in [0.1, 0.15) is 5.82 Å². The van der Waals surface area contributed by atoms with Gasteiger partial charge >= 0.3 is 0 Å². The highest BCUT2D eigenvalue weighted by Gasteiger charge is 2.26. The van der Waals surface area contributed by atoms with E-state index in [9.17, 15) is 18.3 Å². The third-order valence-electron chi connectivity index (χ3n) is 6.77. The minimum absolute atomic E-state index is 0.00903. The number of hydrogen-bond acceptors (Lipinski definition) is 2. The van der Waals surface area contributed by atoms with Gasteiger partial charge in [0.2, 0.25) is 5.82 Å². The Labute approximate surface area is 195 Å². The highest BCUT2D eigenvalue weighted by Crippen LogP contribution is 2.40. The minimum atomic E-state index is -0.909. The van der Waals surface area contributed by atoms with Crippen LogP contribution in [0.5, 0.6) is 5.75 Å². The third kappa shape index (κ3) is 6.63. The molecule has 180 valence electrons. The van der Waals surface area contributed by atoms with Crippen molar-refractivity contribution in [3.8, 4) is 5.75 Å². The zero-order valence-corrected chi connectivity index (χ0v) is 19.5. The van der Waals surface area contributed by atoms with Crippen LogP contribution in [-0.4, -0.2) is 11.7 Å². The molecule has 1 atom stereocenters. The predicted molar refractivity (Wildman–Crippen MR) is 126 cm³/mol. The highest BCUT2D eigenvalue weighted by atomic mass is 19.2. The fourth-order valence-electron chi connectivity index (χ4n) is 4.78. The lowest BCUT2D eigenvalue weighted by Crippen LogP contribution is -2.16. The van der Waals surface area contributed by atoms with Gasteiger partial charge in [-0.05, 0) is 86.5 Å². The second kappa shape index (κ2) is 12.3. The van der Waals surface area contributed by atoms with Gasteiger partial charge < -0.3 is 9.84 Å². The van der Waals surface area contributed by atoms with Crippen LogP contribution in [0.3, 0.4) is 0 Å². The summed E-state index contributed by atoms with van der Waals surface area (Å²) in [7, 11) is 0. The van der Waals surface area contributed by atoms with E-state index in [2.05, 4.69) is 6.58 Å². The Morgan fingerprint density at radius 3 is 2.52 bits per heavy atom. The zero-order valence-electron chi connectivity index (χ0n) is 19.5. The van der Waals surface area contributed by atoms with Crippen molar-refractivity contribution in [3.63, 3.8) is 0 Å². The number of aliphatic hydroxyl groups excluding tert-OH is 1. The molecule has 1 aliphatic carbocycles. The molecule has 0 saturated heterocycles. The van der Waals surface area contributed by atoms with E-state index >= 15 is 0 Å². The molecule has 2 nitrogen and oxygen atoms in total. The van der Waals surface area contributed by atoms with Crippen LogP contribution < -0.4 is 4.74 Å². The largest absolute Gasteiger partial charge is 0.490 e. The number of benzene rings is 2. The molecule has 0 radical (unpaired) electrons. The Kier molecular flexibility index (Phi) is 9.42. The smallest absolute Gasteiger partial charge is 0.200 e. The van der Waals surface area contributed by atoms with Gasteiger partial charge in [-0.3, -0.25) is 0 Å². The topological polar surface area (TPSA) is 29.5 Å². The van der Waals surface area contributed by atoms with Gasteiger partial charge in [-0.2, -0.15) is 4.39 Å². The van der Waals surface area contributed by atoms with E-state index in [1.165, 1.54) is 12.1 Å². The second-order valence-corrected chi connectivity index (χ2v) is 9.12. The SMILES string of the molecule is C=CCCOc1ccc(C2CCC(CCc3ccc(C(O)CCC)c(F)c3)CC2)c(F)c1F.